The quantitative estimate of drug-likeness (QED) is 0.582. The second-order valence-corrected chi connectivity index (χ2v) is 4.20. The van der Waals surface area contributed by atoms with E-state index in [-0.39, 0.29) is 6.10 Å². The van der Waals surface area contributed by atoms with E-state index in [9.17, 15) is 0 Å². The maximum Gasteiger partial charge on any atom is 0.0745 e. The van der Waals surface area contributed by atoms with E-state index in [1.165, 1.54) is 32.1 Å². The zero-order chi connectivity index (χ0) is 10.8. The molecule has 0 saturated carbocycles. The summed E-state index contributed by atoms with van der Waals surface area (Å²) in [6.07, 6.45) is 7.65. The van der Waals surface area contributed by atoms with Crippen LogP contribution in [-0.2, 0) is 4.74 Å². The first kappa shape index (κ1) is 13.9. The molecular weight excluding hydrogens is 176 g/mol. The monoisotopic (exact) mass is 202 g/mol. The maximum absolute atomic E-state index is 9.02. The Labute approximate surface area is 88.7 Å². The molecule has 0 aromatic rings. The fourth-order valence-corrected chi connectivity index (χ4v) is 1.42. The van der Waals surface area contributed by atoms with E-state index in [2.05, 4.69) is 13.8 Å². The topological polar surface area (TPSA) is 29.5 Å². The van der Waals surface area contributed by atoms with Gasteiger partial charge in [0.25, 0.3) is 0 Å². The van der Waals surface area contributed by atoms with Crippen molar-refractivity contribution in [2.24, 2.45) is 0 Å². The molecule has 0 aromatic heterocycles. The number of hydrogen-bond acceptors (Lipinski definition) is 2. The normalized spacial score (nSPS) is 15.4. The van der Waals surface area contributed by atoms with Crippen molar-refractivity contribution < 1.29 is 9.84 Å². The smallest absolute Gasteiger partial charge is 0.0745 e. The summed E-state index contributed by atoms with van der Waals surface area (Å²) in [5.41, 5.74) is 0. The van der Waals surface area contributed by atoms with E-state index in [0.29, 0.717) is 12.7 Å². The van der Waals surface area contributed by atoms with Gasteiger partial charge in [0, 0.05) is 0 Å². The lowest BCUT2D eigenvalue weighted by molar-refractivity contribution is 0.00122. The average Bonchev–Trinajstić information content (AvgIpc) is 2.14. The number of unbranched alkanes of at least 4 members (excludes halogenated alkanes) is 4. The molecule has 2 nitrogen and oxygen atoms in total. The summed E-state index contributed by atoms with van der Waals surface area (Å²) in [4.78, 5) is 0. The van der Waals surface area contributed by atoms with Gasteiger partial charge in [-0.25, -0.2) is 0 Å². The third kappa shape index (κ3) is 10.0. The Morgan fingerprint density at radius 2 is 1.71 bits per heavy atom. The van der Waals surface area contributed by atoms with Gasteiger partial charge in [0.1, 0.15) is 0 Å². The molecule has 0 heterocycles. The van der Waals surface area contributed by atoms with E-state index in [4.69, 9.17) is 9.84 Å². The third-order valence-electron chi connectivity index (χ3n) is 2.34. The van der Waals surface area contributed by atoms with Crippen molar-refractivity contribution in [2.75, 3.05) is 6.61 Å². The Morgan fingerprint density at radius 1 is 1.07 bits per heavy atom. The van der Waals surface area contributed by atoms with Crippen molar-refractivity contribution in [1.82, 2.24) is 0 Å². The van der Waals surface area contributed by atoms with E-state index >= 15 is 0 Å². The molecule has 14 heavy (non-hydrogen) atoms. The third-order valence-corrected chi connectivity index (χ3v) is 2.34. The Kier molecular flexibility index (Phi) is 9.42. The Hall–Kier alpha value is -0.0800. The van der Waals surface area contributed by atoms with Crippen LogP contribution in [0.2, 0.25) is 0 Å². The molecule has 0 aliphatic rings. The first-order chi connectivity index (χ1) is 6.66. The summed E-state index contributed by atoms with van der Waals surface area (Å²) in [6, 6.07) is 0. The molecule has 0 aromatic carbocycles. The van der Waals surface area contributed by atoms with Gasteiger partial charge >= 0.3 is 0 Å². The molecular formula is C12H26O2. The molecule has 0 fully saturated rings. The maximum atomic E-state index is 9.02. The predicted molar refractivity (Wildman–Crippen MR) is 60.5 cm³/mol. The molecule has 2 unspecified atom stereocenters. The first-order valence-electron chi connectivity index (χ1n) is 5.96. The molecule has 0 amide bonds. The molecule has 0 saturated heterocycles. The Bertz CT molecular complexity index is 113. The highest BCUT2D eigenvalue weighted by molar-refractivity contribution is 4.53. The Morgan fingerprint density at radius 3 is 2.29 bits per heavy atom. The van der Waals surface area contributed by atoms with Crippen LogP contribution in [0.25, 0.3) is 0 Å². The predicted octanol–water partition coefficient (Wildman–Crippen LogP) is 3.13. The van der Waals surface area contributed by atoms with Gasteiger partial charge in [-0.15, -0.1) is 0 Å². The lowest BCUT2D eigenvalue weighted by Crippen LogP contribution is -2.16. The molecule has 86 valence electrons. The van der Waals surface area contributed by atoms with Gasteiger partial charge < -0.3 is 9.84 Å². The number of aliphatic hydroxyl groups excluding tert-OH is 1. The minimum Gasteiger partial charge on any atom is -0.391 e. The molecule has 0 bridgehead atoms. The number of ether oxygens (including phenoxy) is 1. The minimum absolute atomic E-state index is 0.297. The van der Waals surface area contributed by atoms with Crippen molar-refractivity contribution in [3.8, 4) is 0 Å². The van der Waals surface area contributed by atoms with E-state index in [1.807, 2.05) is 0 Å². The van der Waals surface area contributed by atoms with Crippen LogP contribution in [0.1, 0.15) is 59.3 Å². The lowest BCUT2D eigenvalue weighted by atomic mass is 10.1. The van der Waals surface area contributed by atoms with Gasteiger partial charge in [-0.2, -0.15) is 0 Å². The van der Waals surface area contributed by atoms with Crippen molar-refractivity contribution >= 4 is 0 Å². The van der Waals surface area contributed by atoms with Crippen LogP contribution in [0.4, 0.5) is 0 Å². The fourth-order valence-electron chi connectivity index (χ4n) is 1.42. The summed E-state index contributed by atoms with van der Waals surface area (Å²) in [5, 5.41) is 9.02. The second kappa shape index (κ2) is 9.47. The summed E-state index contributed by atoms with van der Waals surface area (Å²) in [6.45, 7) is 6.54. The van der Waals surface area contributed by atoms with Crippen LogP contribution < -0.4 is 0 Å². The van der Waals surface area contributed by atoms with E-state index in [1.54, 1.807) is 6.92 Å². The van der Waals surface area contributed by atoms with Crippen LogP contribution in [0, 0.1) is 0 Å². The van der Waals surface area contributed by atoms with E-state index in [0.717, 1.165) is 6.42 Å². The number of rotatable bonds is 9. The van der Waals surface area contributed by atoms with Gasteiger partial charge in [0.05, 0.1) is 18.8 Å². The van der Waals surface area contributed by atoms with Crippen LogP contribution in [-0.4, -0.2) is 23.9 Å². The van der Waals surface area contributed by atoms with Crippen molar-refractivity contribution in [2.45, 2.75) is 71.5 Å². The summed E-state index contributed by atoms with van der Waals surface area (Å²) >= 11 is 0. The molecule has 2 heteroatoms. The summed E-state index contributed by atoms with van der Waals surface area (Å²) in [7, 11) is 0. The highest BCUT2D eigenvalue weighted by atomic mass is 16.5. The van der Waals surface area contributed by atoms with Gasteiger partial charge in [0.15, 0.2) is 0 Å². The van der Waals surface area contributed by atoms with Crippen LogP contribution in [0.15, 0.2) is 0 Å². The van der Waals surface area contributed by atoms with Crippen molar-refractivity contribution in [3.05, 3.63) is 0 Å². The highest BCUT2D eigenvalue weighted by Crippen LogP contribution is 2.09. The molecule has 0 spiro atoms. The van der Waals surface area contributed by atoms with Gasteiger partial charge in [-0.05, 0) is 20.3 Å². The summed E-state index contributed by atoms with van der Waals surface area (Å²) in [5.74, 6) is 0. The second-order valence-electron chi connectivity index (χ2n) is 4.20. The SMILES string of the molecule is CCCCCCCC(C)OCC(C)O. The van der Waals surface area contributed by atoms with Crippen molar-refractivity contribution in [3.63, 3.8) is 0 Å². The van der Waals surface area contributed by atoms with Crippen LogP contribution in [0.3, 0.4) is 0 Å². The zero-order valence-corrected chi connectivity index (χ0v) is 9.96. The molecule has 0 aliphatic heterocycles. The zero-order valence-electron chi connectivity index (χ0n) is 9.96. The van der Waals surface area contributed by atoms with Gasteiger partial charge in [-0.3, -0.25) is 0 Å². The average molecular weight is 202 g/mol. The number of aliphatic hydroxyl groups is 1. The molecule has 1 N–H and O–H groups in total. The molecule has 0 aliphatic carbocycles. The molecule has 2 atom stereocenters. The van der Waals surface area contributed by atoms with E-state index < -0.39 is 0 Å². The highest BCUT2D eigenvalue weighted by Gasteiger charge is 2.03. The van der Waals surface area contributed by atoms with Gasteiger partial charge in [0.2, 0.25) is 0 Å². The molecule has 0 radical (unpaired) electrons. The number of hydrogen-bond donors (Lipinski definition) is 1. The summed E-state index contributed by atoms with van der Waals surface area (Å²) < 4.78 is 5.46. The molecule has 0 rings (SSSR count). The van der Waals surface area contributed by atoms with Crippen LogP contribution >= 0.6 is 0 Å². The van der Waals surface area contributed by atoms with Crippen molar-refractivity contribution in [1.29, 1.82) is 0 Å². The van der Waals surface area contributed by atoms with Gasteiger partial charge in [-0.1, -0.05) is 39.0 Å². The minimum atomic E-state index is -0.336. The lowest BCUT2D eigenvalue weighted by Gasteiger charge is -2.13. The Balaban J connectivity index is 3.14. The first-order valence-corrected chi connectivity index (χ1v) is 5.96. The fraction of sp³-hybridized carbons (Fsp3) is 1.00. The standard InChI is InChI=1S/C12H26O2/c1-4-5-6-7-8-9-12(3)14-10-11(2)13/h11-13H,4-10H2,1-3H3. The van der Waals surface area contributed by atoms with Crippen LogP contribution in [0.5, 0.6) is 0 Å². The largest absolute Gasteiger partial charge is 0.391 e.